The highest BCUT2D eigenvalue weighted by Crippen LogP contribution is 2.40. The van der Waals surface area contributed by atoms with E-state index in [2.05, 4.69) is 0 Å². The molecule has 1 fully saturated rings. The summed E-state index contributed by atoms with van der Waals surface area (Å²) < 4.78 is 16.6. The van der Waals surface area contributed by atoms with Gasteiger partial charge in [-0.15, -0.1) is 0 Å². The minimum atomic E-state index is -0.220. The lowest BCUT2D eigenvalue weighted by Gasteiger charge is -2.09. The maximum Gasteiger partial charge on any atom is 0.314 e. The second-order valence-electron chi connectivity index (χ2n) is 6.44. The minimum Gasteiger partial charge on any atom is -0.496 e. The summed E-state index contributed by atoms with van der Waals surface area (Å²) in [5, 5.41) is 0. The second kappa shape index (κ2) is 6.33. The van der Waals surface area contributed by atoms with Crippen molar-refractivity contribution in [2.24, 2.45) is 5.92 Å². The number of esters is 1. The molecule has 0 saturated heterocycles. The van der Waals surface area contributed by atoms with Gasteiger partial charge in [0.1, 0.15) is 17.2 Å². The number of para-hydroxylation sites is 1. The highest BCUT2D eigenvalue weighted by molar-refractivity contribution is 6.15. The topological polar surface area (TPSA) is 61.8 Å². The van der Waals surface area contributed by atoms with Crippen molar-refractivity contribution < 1.29 is 23.8 Å². The van der Waals surface area contributed by atoms with Gasteiger partial charge >= 0.3 is 5.97 Å². The summed E-state index contributed by atoms with van der Waals surface area (Å²) in [6, 6.07) is 10.7. The monoisotopic (exact) mass is 350 g/mol. The van der Waals surface area contributed by atoms with Crippen LogP contribution >= 0.6 is 0 Å². The predicted octanol–water partition coefficient (Wildman–Crippen LogP) is 3.94. The van der Waals surface area contributed by atoms with Crippen LogP contribution in [-0.2, 0) is 4.79 Å². The van der Waals surface area contributed by atoms with Gasteiger partial charge in [-0.2, -0.15) is 0 Å². The molecule has 1 heterocycles. The van der Waals surface area contributed by atoms with Gasteiger partial charge in [-0.25, -0.2) is 0 Å². The predicted molar refractivity (Wildman–Crippen MR) is 95.5 cm³/mol. The van der Waals surface area contributed by atoms with E-state index in [4.69, 9.17) is 14.2 Å². The van der Waals surface area contributed by atoms with Crippen LogP contribution in [0.2, 0.25) is 0 Å². The lowest BCUT2D eigenvalue weighted by molar-refractivity contribution is -0.135. The lowest BCUT2D eigenvalue weighted by Crippen LogP contribution is -2.10. The Labute approximate surface area is 151 Å². The molecule has 0 aromatic heterocycles. The maximum atomic E-state index is 12.7. The zero-order valence-electron chi connectivity index (χ0n) is 14.6. The average molecular weight is 350 g/mol. The summed E-state index contributed by atoms with van der Waals surface area (Å²) in [6.45, 7) is 1.79. The van der Waals surface area contributed by atoms with Gasteiger partial charge in [0.2, 0.25) is 5.78 Å². The molecule has 2 aromatic carbocycles. The number of benzene rings is 2. The Hall–Kier alpha value is -3.08. The van der Waals surface area contributed by atoms with Gasteiger partial charge in [-0.3, -0.25) is 9.59 Å². The molecule has 5 heteroatoms. The molecule has 0 radical (unpaired) electrons. The van der Waals surface area contributed by atoms with Gasteiger partial charge in [0.15, 0.2) is 5.76 Å². The SMILES string of the molecule is COc1ccccc1/C=C1\Oc2c(ccc(OC(=O)C3CC3)c2C)C1=O. The molecule has 1 aliphatic heterocycles. The van der Waals surface area contributed by atoms with Crippen molar-refractivity contribution in [1.82, 2.24) is 0 Å². The van der Waals surface area contributed by atoms with Crippen molar-refractivity contribution in [3.8, 4) is 17.2 Å². The van der Waals surface area contributed by atoms with E-state index in [-0.39, 0.29) is 23.4 Å². The molecule has 2 aromatic rings. The molecule has 0 unspecified atom stereocenters. The second-order valence-corrected chi connectivity index (χ2v) is 6.44. The Balaban J connectivity index is 1.65. The number of carbonyl (C=O) groups excluding carboxylic acids is 2. The standard InChI is InChI=1S/C21H18O5/c1-12-16(26-21(23)13-7-8-13)10-9-15-19(22)18(25-20(12)15)11-14-5-3-4-6-17(14)24-2/h3-6,9-11,13H,7-8H2,1-2H3/b18-11-. The Kier molecular flexibility index (Phi) is 3.99. The van der Waals surface area contributed by atoms with E-state index in [1.165, 1.54) is 0 Å². The highest BCUT2D eigenvalue weighted by Gasteiger charge is 2.34. The van der Waals surface area contributed by atoms with E-state index >= 15 is 0 Å². The zero-order valence-corrected chi connectivity index (χ0v) is 14.6. The van der Waals surface area contributed by atoms with E-state index in [9.17, 15) is 9.59 Å². The van der Waals surface area contributed by atoms with E-state index in [1.54, 1.807) is 32.2 Å². The molecule has 0 spiro atoms. The number of allylic oxidation sites excluding steroid dienone is 1. The first-order valence-corrected chi connectivity index (χ1v) is 8.51. The molecule has 0 bridgehead atoms. The quantitative estimate of drug-likeness (QED) is 0.475. The number of carbonyl (C=O) groups is 2. The molecule has 132 valence electrons. The van der Waals surface area contributed by atoms with E-state index in [0.717, 1.165) is 18.4 Å². The van der Waals surface area contributed by atoms with Crippen LogP contribution in [0, 0.1) is 12.8 Å². The van der Waals surface area contributed by atoms with Gasteiger partial charge < -0.3 is 14.2 Å². The molecule has 4 rings (SSSR count). The summed E-state index contributed by atoms with van der Waals surface area (Å²) in [5.41, 5.74) is 1.87. The van der Waals surface area contributed by atoms with E-state index in [1.807, 2.05) is 24.3 Å². The van der Waals surface area contributed by atoms with Crippen molar-refractivity contribution in [3.63, 3.8) is 0 Å². The summed E-state index contributed by atoms with van der Waals surface area (Å²) in [6.07, 6.45) is 3.42. The number of Topliss-reactive ketones (excluding diaryl/α,β-unsaturated/α-hetero) is 1. The summed E-state index contributed by atoms with van der Waals surface area (Å²) in [4.78, 5) is 24.6. The zero-order chi connectivity index (χ0) is 18.3. The summed E-state index contributed by atoms with van der Waals surface area (Å²) in [7, 11) is 1.58. The van der Waals surface area contributed by atoms with Crippen LogP contribution < -0.4 is 14.2 Å². The summed E-state index contributed by atoms with van der Waals surface area (Å²) >= 11 is 0. The Morgan fingerprint density at radius 1 is 1.15 bits per heavy atom. The molecule has 26 heavy (non-hydrogen) atoms. The number of methoxy groups -OCH3 is 1. The first-order valence-electron chi connectivity index (χ1n) is 8.51. The molecule has 0 atom stereocenters. The van der Waals surface area contributed by atoms with Gasteiger partial charge in [-0.1, -0.05) is 18.2 Å². The largest absolute Gasteiger partial charge is 0.496 e. The number of ketones is 1. The number of hydrogen-bond donors (Lipinski definition) is 0. The molecular weight excluding hydrogens is 332 g/mol. The molecular formula is C21H18O5. The van der Waals surface area contributed by atoms with Crippen molar-refractivity contribution in [3.05, 3.63) is 58.8 Å². The van der Waals surface area contributed by atoms with Crippen molar-refractivity contribution in [1.29, 1.82) is 0 Å². The van der Waals surface area contributed by atoms with Crippen molar-refractivity contribution in [2.75, 3.05) is 7.11 Å². The molecule has 5 nitrogen and oxygen atoms in total. The third-order valence-corrected chi connectivity index (χ3v) is 4.58. The summed E-state index contributed by atoms with van der Waals surface area (Å²) in [5.74, 6) is 1.34. The van der Waals surface area contributed by atoms with Crippen LogP contribution in [0.15, 0.2) is 42.2 Å². The van der Waals surface area contributed by atoms with Crippen molar-refractivity contribution in [2.45, 2.75) is 19.8 Å². The number of hydrogen-bond acceptors (Lipinski definition) is 5. The Morgan fingerprint density at radius 2 is 1.92 bits per heavy atom. The normalized spacial score (nSPS) is 17.0. The van der Waals surface area contributed by atoms with Crippen LogP contribution in [0.5, 0.6) is 17.2 Å². The molecule has 2 aliphatic rings. The third kappa shape index (κ3) is 2.86. The van der Waals surface area contributed by atoms with Gasteiger partial charge in [0, 0.05) is 11.1 Å². The Morgan fingerprint density at radius 3 is 2.65 bits per heavy atom. The lowest BCUT2D eigenvalue weighted by atomic mass is 10.1. The van der Waals surface area contributed by atoms with Gasteiger partial charge in [-0.05, 0) is 44.0 Å². The van der Waals surface area contributed by atoms with Crippen molar-refractivity contribution >= 4 is 17.8 Å². The fraction of sp³-hybridized carbons (Fsp3) is 0.238. The minimum absolute atomic E-state index is 0.00575. The number of ether oxygens (including phenoxy) is 3. The van der Waals surface area contributed by atoms with Crippen LogP contribution in [0.25, 0.3) is 6.08 Å². The first kappa shape index (κ1) is 16.4. The molecule has 0 N–H and O–H groups in total. The van der Waals surface area contributed by atoms with E-state index in [0.29, 0.717) is 28.4 Å². The smallest absolute Gasteiger partial charge is 0.314 e. The fourth-order valence-electron chi connectivity index (χ4n) is 2.92. The van der Waals surface area contributed by atoms with Crippen LogP contribution in [-0.4, -0.2) is 18.9 Å². The van der Waals surface area contributed by atoms with Gasteiger partial charge in [0.05, 0.1) is 18.6 Å². The fourth-order valence-corrected chi connectivity index (χ4v) is 2.92. The average Bonchev–Trinajstić information content (AvgIpc) is 3.45. The molecule has 0 amide bonds. The third-order valence-electron chi connectivity index (χ3n) is 4.58. The first-order chi connectivity index (χ1) is 12.6. The Bertz CT molecular complexity index is 937. The highest BCUT2D eigenvalue weighted by atomic mass is 16.5. The number of fused-ring (bicyclic) bond motifs is 1. The maximum absolute atomic E-state index is 12.7. The van der Waals surface area contributed by atoms with E-state index < -0.39 is 0 Å². The van der Waals surface area contributed by atoms with Crippen LogP contribution in [0.4, 0.5) is 0 Å². The van der Waals surface area contributed by atoms with Crippen LogP contribution in [0.1, 0.15) is 34.3 Å². The molecule has 1 aliphatic carbocycles. The van der Waals surface area contributed by atoms with Gasteiger partial charge in [0.25, 0.3) is 0 Å². The number of rotatable bonds is 4. The molecule has 1 saturated carbocycles. The van der Waals surface area contributed by atoms with Crippen LogP contribution in [0.3, 0.4) is 0 Å².